The number of hydrogen-bond acceptors (Lipinski definition) is 4. The van der Waals surface area contributed by atoms with Crippen molar-refractivity contribution < 1.29 is 23.2 Å². The van der Waals surface area contributed by atoms with Gasteiger partial charge >= 0.3 is 0 Å². The van der Waals surface area contributed by atoms with E-state index in [9.17, 15) is 23.2 Å². The van der Waals surface area contributed by atoms with Gasteiger partial charge in [-0.25, -0.2) is 13.8 Å². The molecule has 1 saturated carbocycles. The lowest BCUT2D eigenvalue weighted by atomic mass is 9.67. The summed E-state index contributed by atoms with van der Waals surface area (Å²) in [5.74, 6) is -3.46. The van der Waals surface area contributed by atoms with Gasteiger partial charge in [0.25, 0.3) is 11.8 Å². The Balaban J connectivity index is 1.48. The molecule has 2 fully saturated rings. The van der Waals surface area contributed by atoms with Gasteiger partial charge in [0.15, 0.2) is 17.3 Å². The van der Waals surface area contributed by atoms with Crippen molar-refractivity contribution >= 4 is 35.0 Å². The summed E-state index contributed by atoms with van der Waals surface area (Å²) in [7, 11) is 1.64. The first-order valence-corrected chi connectivity index (χ1v) is 11.1. The third-order valence-corrected chi connectivity index (χ3v) is 7.19. The molecule has 8 nitrogen and oxygen atoms in total. The van der Waals surface area contributed by atoms with Crippen LogP contribution in [0.3, 0.4) is 0 Å². The van der Waals surface area contributed by atoms with Crippen LogP contribution in [0, 0.1) is 17.0 Å². The Morgan fingerprint density at radius 2 is 1.91 bits per heavy atom. The van der Waals surface area contributed by atoms with Gasteiger partial charge in [0, 0.05) is 31.1 Å². The molecule has 1 aliphatic heterocycles. The topological polar surface area (TPSA) is 112 Å². The zero-order chi connectivity index (χ0) is 23.9. The predicted octanol–water partition coefficient (Wildman–Crippen LogP) is 3.27. The molecule has 176 valence electrons. The lowest BCUT2D eigenvalue weighted by Crippen LogP contribution is -2.52. The van der Waals surface area contributed by atoms with Crippen molar-refractivity contribution in [1.82, 2.24) is 14.9 Å². The smallest absolute Gasteiger partial charge is 0.274 e. The van der Waals surface area contributed by atoms with Crippen LogP contribution in [-0.4, -0.2) is 52.2 Å². The van der Waals surface area contributed by atoms with E-state index in [1.807, 2.05) is 0 Å². The van der Waals surface area contributed by atoms with E-state index in [1.165, 1.54) is 16.1 Å². The normalized spacial score (nSPS) is 23.1. The summed E-state index contributed by atoms with van der Waals surface area (Å²) in [5, 5.41) is -0.0115. The highest BCUT2D eigenvalue weighted by atomic mass is 35.5. The molecule has 1 spiro atoms. The number of nitrogens with zero attached hydrogens (tertiary/aromatic N) is 3. The van der Waals surface area contributed by atoms with Crippen LogP contribution in [0.15, 0.2) is 18.5 Å². The van der Waals surface area contributed by atoms with E-state index < -0.39 is 28.9 Å². The Bertz CT molecular complexity index is 1110. The van der Waals surface area contributed by atoms with Crippen molar-refractivity contribution in [3.8, 4) is 0 Å². The van der Waals surface area contributed by atoms with Gasteiger partial charge in [-0.15, -0.1) is 0 Å². The SMILES string of the molecule is CN(C(=O)c1nc[nH]c1C(N)=O)[C@H]1CC[C@]2(CCCN(c3cc(F)c(F)cc3Cl)C2=O)CC1. The van der Waals surface area contributed by atoms with Gasteiger partial charge in [0.2, 0.25) is 5.91 Å². The van der Waals surface area contributed by atoms with Gasteiger partial charge in [-0.1, -0.05) is 11.6 Å². The molecule has 3 amide bonds. The van der Waals surface area contributed by atoms with Gasteiger partial charge in [0.1, 0.15) is 5.69 Å². The number of benzene rings is 1. The fraction of sp³-hybridized carbons (Fsp3) is 0.455. The van der Waals surface area contributed by atoms with Crippen molar-refractivity contribution in [2.24, 2.45) is 11.1 Å². The monoisotopic (exact) mass is 479 g/mol. The lowest BCUT2D eigenvalue weighted by molar-refractivity contribution is -0.133. The maximum atomic E-state index is 13.8. The number of halogens is 3. The Morgan fingerprint density at radius 1 is 1.24 bits per heavy atom. The van der Waals surface area contributed by atoms with Gasteiger partial charge in [0.05, 0.1) is 17.0 Å². The Labute approximate surface area is 194 Å². The van der Waals surface area contributed by atoms with Crippen LogP contribution < -0.4 is 10.6 Å². The van der Waals surface area contributed by atoms with Gasteiger partial charge < -0.3 is 20.5 Å². The third-order valence-electron chi connectivity index (χ3n) is 6.89. The van der Waals surface area contributed by atoms with Gasteiger partial charge in [-0.2, -0.15) is 0 Å². The molecule has 0 bridgehead atoms. The number of primary amides is 1. The van der Waals surface area contributed by atoms with Crippen LogP contribution in [0.5, 0.6) is 0 Å². The van der Waals surface area contributed by atoms with Crippen LogP contribution in [0.1, 0.15) is 59.5 Å². The summed E-state index contributed by atoms with van der Waals surface area (Å²) in [6.07, 6.45) is 4.85. The molecule has 1 saturated heterocycles. The number of aromatic nitrogens is 2. The Hall–Kier alpha value is -3.01. The summed E-state index contributed by atoms with van der Waals surface area (Å²) < 4.78 is 27.3. The van der Waals surface area contributed by atoms with Crippen LogP contribution in [-0.2, 0) is 4.79 Å². The number of H-pyrrole nitrogens is 1. The number of carbonyl (C=O) groups excluding carboxylic acids is 3. The second-order valence-electron chi connectivity index (χ2n) is 8.70. The van der Waals surface area contributed by atoms with Gasteiger partial charge in [-0.3, -0.25) is 14.4 Å². The van der Waals surface area contributed by atoms with Crippen LogP contribution in [0.4, 0.5) is 14.5 Å². The van der Waals surface area contributed by atoms with Crippen molar-refractivity contribution in [2.45, 2.75) is 44.6 Å². The number of carbonyl (C=O) groups is 3. The van der Waals surface area contributed by atoms with E-state index in [2.05, 4.69) is 9.97 Å². The number of rotatable bonds is 4. The molecule has 0 atom stereocenters. The van der Waals surface area contributed by atoms with E-state index in [-0.39, 0.29) is 34.0 Å². The molecule has 33 heavy (non-hydrogen) atoms. The first-order valence-electron chi connectivity index (χ1n) is 10.7. The molecule has 2 aromatic rings. The van der Waals surface area contributed by atoms with Crippen molar-refractivity contribution in [2.75, 3.05) is 18.5 Å². The fourth-order valence-corrected chi connectivity index (χ4v) is 5.25. The molecule has 1 aliphatic carbocycles. The highest BCUT2D eigenvalue weighted by Gasteiger charge is 2.47. The van der Waals surface area contributed by atoms with E-state index >= 15 is 0 Å². The van der Waals surface area contributed by atoms with Crippen LogP contribution in [0.25, 0.3) is 0 Å². The van der Waals surface area contributed by atoms with Crippen LogP contribution in [0.2, 0.25) is 5.02 Å². The second-order valence-corrected chi connectivity index (χ2v) is 9.10. The molecule has 2 heterocycles. The molecular formula is C22H24ClF2N5O3. The highest BCUT2D eigenvalue weighted by Crippen LogP contribution is 2.47. The van der Waals surface area contributed by atoms with Crippen LogP contribution >= 0.6 is 11.6 Å². The molecular weight excluding hydrogens is 456 g/mol. The highest BCUT2D eigenvalue weighted by molar-refractivity contribution is 6.33. The maximum absolute atomic E-state index is 13.8. The minimum absolute atomic E-state index is 0.0115. The number of amides is 3. The average molecular weight is 480 g/mol. The lowest BCUT2D eigenvalue weighted by Gasteiger charge is -2.46. The molecule has 11 heteroatoms. The summed E-state index contributed by atoms with van der Waals surface area (Å²) >= 11 is 6.12. The number of anilines is 1. The van der Waals surface area contributed by atoms with Crippen molar-refractivity contribution in [3.63, 3.8) is 0 Å². The number of hydrogen-bond donors (Lipinski definition) is 2. The zero-order valence-electron chi connectivity index (χ0n) is 18.0. The summed E-state index contributed by atoms with van der Waals surface area (Å²) in [6.45, 7) is 0.377. The van der Waals surface area contributed by atoms with Gasteiger partial charge in [-0.05, 0) is 44.6 Å². The Morgan fingerprint density at radius 3 is 2.58 bits per heavy atom. The molecule has 0 radical (unpaired) electrons. The zero-order valence-corrected chi connectivity index (χ0v) is 18.8. The first kappa shape index (κ1) is 23.2. The van der Waals surface area contributed by atoms with Crippen molar-refractivity contribution in [3.05, 3.63) is 46.5 Å². The first-order chi connectivity index (χ1) is 15.6. The largest absolute Gasteiger partial charge is 0.364 e. The summed E-state index contributed by atoms with van der Waals surface area (Å²) in [4.78, 5) is 47.4. The molecule has 2 aliphatic rings. The Kier molecular flexibility index (Phi) is 6.13. The number of piperidine rings is 1. The average Bonchev–Trinajstić information content (AvgIpc) is 3.28. The number of nitrogens with two attached hydrogens (primary N) is 1. The molecule has 3 N–H and O–H groups in total. The van der Waals surface area contributed by atoms with E-state index in [4.69, 9.17) is 17.3 Å². The molecule has 1 aromatic heterocycles. The van der Waals surface area contributed by atoms with Crippen molar-refractivity contribution in [1.29, 1.82) is 0 Å². The predicted molar refractivity (Wildman–Crippen MR) is 117 cm³/mol. The number of nitrogens with one attached hydrogen (secondary N) is 1. The fourth-order valence-electron chi connectivity index (χ4n) is 5.00. The molecule has 1 aromatic carbocycles. The number of imidazole rings is 1. The minimum atomic E-state index is -1.06. The summed E-state index contributed by atoms with van der Waals surface area (Å²) in [5.41, 5.74) is 4.76. The maximum Gasteiger partial charge on any atom is 0.274 e. The molecule has 4 rings (SSSR count). The summed E-state index contributed by atoms with van der Waals surface area (Å²) in [6, 6.07) is 1.70. The quantitative estimate of drug-likeness (QED) is 0.655. The number of aromatic amines is 1. The molecule has 0 unspecified atom stereocenters. The van der Waals surface area contributed by atoms with E-state index in [0.717, 1.165) is 12.1 Å². The standard InChI is InChI=1S/C22H24ClF2N5O3/c1-29(20(32)18-17(19(26)31)27-11-28-18)12-3-6-22(7-4-12)5-2-8-30(21(22)33)16-10-15(25)14(24)9-13(16)23/h9-12H,2-8H2,1H3,(H2,26,31)(H,27,28)/t12-,22+. The minimum Gasteiger partial charge on any atom is -0.364 e. The third kappa shape index (κ3) is 4.07. The van der Waals surface area contributed by atoms with E-state index in [1.54, 1.807) is 7.05 Å². The van der Waals surface area contributed by atoms with E-state index in [0.29, 0.717) is 45.1 Å². The second kappa shape index (κ2) is 8.74.